The van der Waals surface area contributed by atoms with Gasteiger partial charge in [0.2, 0.25) is 10.0 Å². The SMILES string of the molecule is CS(=O)(=O)N1CCCC(CC(O)c2cn[nH]n2)C1. The summed E-state index contributed by atoms with van der Waals surface area (Å²) in [5.74, 6) is 0.167. The minimum Gasteiger partial charge on any atom is -0.387 e. The van der Waals surface area contributed by atoms with E-state index < -0.39 is 16.1 Å². The van der Waals surface area contributed by atoms with Crippen LogP contribution < -0.4 is 0 Å². The number of sulfonamides is 1. The van der Waals surface area contributed by atoms with Crippen molar-refractivity contribution in [3.05, 3.63) is 11.9 Å². The van der Waals surface area contributed by atoms with Crippen LogP contribution in [-0.4, -0.2) is 52.6 Å². The molecule has 102 valence electrons. The summed E-state index contributed by atoms with van der Waals surface area (Å²) < 4.78 is 24.4. The zero-order valence-electron chi connectivity index (χ0n) is 10.3. The molecule has 2 heterocycles. The molecule has 1 aromatic heterocycles. The van der Waals surface area contributed by atoms with Crippen LogP contribution in [0.2, 0.25) is 0 Å². The number of nitrogens with zero attached hydrogens (tertiary/aromatic N) is 3. The normalized spacial score (nSPS) is 24.0. The molecule has 1 aromatic rings. The standard InChI is InChI=1S/C10H18N4O3S/c1-18(16,17)14-4-2-3-8(7-14)5-10(15)9-6-11-13-12-9/h6,8,10,15H,2-5,7H2,1H3,(H,11,12,13). The third-order valence-electron chi connectivity index (χ3n) is 3.28. The van der Waals surface area contributed by atoms with Crippen molar-refractivity contribution in [3.8, 4) is 0 Å². The number of piperidine rings is 1. The van der Waals surface area contributed by atoms with Crippen molar-refractivity contribution >= 4 is 10.0 Å². The first-order valence-electron chi connectivity index (χ1n) is 5.95. The highest BCUT2D eigenvalue weighted by molar-refractivity contribution is 7.88. The van der Waals surface area contributed by atoms with E-state index in [2.05, 4.69) is 15.4 Å². The van der Waals surface area contributed by atoms with E-state index in [1.807, 2.05) is 0 Å². The minimum absolute atomic E-state index is 0.167. The van der Waals surface area contributed by atoms with Gasteiger partial charge < -0.3 is 5.11 Å². The van der Waals surface area contributed by atoms with Crippen molar-refractivity contribution in [1.29, 1.82) is 0 Å². The molecule has 0 spiro atoms. The number of H-pyrrole nitrogens is 1. The summed E-state index contributed by atoms with van der Waals surface area (Å²) in [6.07, 6.45) is 4.31. The van der Waals surface area contributed by atoms with Gasteiger partial charge in [0.05, 0.1) is 18.6 Å². The van der Waals surface area contributed by atoms with Gasteiger partial charge in [0.1, 0.15) is 5.69 Å². The predicted octanol–water partition coefficient (Wildman–Crippen LogP) is -0.100. The molecule has 0 aliphatic carbocycles. The second kappa shape index (κ2) is 5.33. The van der Waals surface area contributed by atoms with Gasteiger partial charge in [-0.1, -0.05) is 0 Å². The van der Waals surface area contributed by atoms with E-state index in [0.29, 0.717) is 25.2 Å². The minimum atomic E-state index is -3.13. The van der Waals surface area contributed by atoms with Gasteiger partial charge in [-0.15, -0.1) is 0 Å². The Balaban J connectivity index is 1.94. The molecule has 1 fully saturated rings. The van der Waals surface area contributed by atoms with Crippen molar-refractivity contribution < 1.29 is 13.5 Å². The van der Waals surface area contributed by atoms with Gasteiger partial charge in [0.25, 0.3) is 0 Å². The first-order chi connectivity index (χ1) is 8.47. The zero-order chi connectivity index (χ0) is 13.2. The van der Waals surface area contributed by atoms with Crippen LogP contribution in [0.25, 0.3) is 0 Å². The van der Waals surface area contributed by atoms with Gasteiger partial charge in [-0.05, 0) is 25.2 Å². The molecule has 7 nitrogen and oxygen atoms in total. The average molecular weight is 274 g/mol. The Hall–Kier alpha value is -0.990. The maximum absolute atomic E-state index is 11.5. The topological polar surface area (TPSA) is 99.2 Å². The van der Waals surface area contributed by atoms with Crippen molar-refractivity contribution in [1.82, 2.24) is 19.7 Å². The molecule has 0 saturated carbocycles. The van der Waals surface area contributed by atoms with Crippen LogP contribution in [0.1, 0.15) is 31.1 Å². The van der Waals surface area contributed by atoms with Crippen LogP contribution in [-0.2, 0) is 10.0 Å². The average Bonchev–Trinajstić information content (AvgIpc) is 2.81. The maximum Gasteiger partial charge on any atom is 0.211 e. The van der Waals surface area contributed by atoms with E-state index in [4.69, 9.17) is 0 Å². The van der Waals surface area contributed by atoms with Crippen LogP contribution in [0.4, 0.5) is 0 Å². The summed E-state index contributed by atoms with van der Waals surface area (Å²) in [6.45, 7) is 1.06. The number of hydrogen-bond donors (Lipinski definition) is 2. The number of aliphatic hydroxyl groups is 1. The second-order valence-corrected chi connectivity index (χ2v) is 6.76. The van der Waals surface area contributed by atoms with Crippen molar-refractivity contribution in [2.24, 2.45) is 5.92 Å². The highest BCUT2D eigenvalue weighted by atomic mass is 32.2. The molecule has 0 aromatic carbocycles. The number of hydrogen-bond acceptors (Lipinski definition) is 5. The van der Waals surface area contributed by atoms with Crippen LogP contribution in [0.5, 0.6) is 0 Å². The lowest BCUT2D eigenvalue weighted by molar-refractivity contribution is 0.119. The lowest BCUT2D eigenvalue weighted by atomic mass is 9.93. The van der Waals surface area contributed by atoms with E-state index in [0.717, 1.165) is 12.8 Å². The summed E-state index contributed by atoms with van der Waals surface area (Å²) in [5.41, 5.74) is 0.506. The van der Waals surface area contributed by atoms with E-state index in [9.17, 15) is 13.5 Å². The molecule has 1 saturated heterocycles. The monoisotopic (exact) mass is 274 g/mol. The third-order valence-corrected chi connectivity index (χ3v) is 4.55. The Labute approximate surface area is 106 Å². The quantitative estimate of drug-likeness (QED) is 0.798. The highest BCUT2D eigenvalue weighted by Crippen LogP contribution is 2.27. The zero-order valence-corrected chi connectivity index (χ0v) is 11.1. The summed E-state index contributed by atoms with van der Waals surface area (Å²) in [5, 5.41) is 19.9. The molecule has 8 heteroatoms. The number of aliphatic hydroxyl groups excluding tert-OH is 1. The predicted molar refractivity (Wildman–Crippen MR) is 65.1 cm³/mol. The van der Waals surface area contributed by atoms with Crippen molar-refractivity contribution in [2.75, 3.05) is 19.3 Å². The second-order valence-electron chi connectivity index (χ2n) is 4.78. The summed E-state index contributed by atoms with van der Waals surface area (Å²) in [6, 6.07) is 0. The Bertz CT molecular complexity index is 473. The number of rotatable bonds is 4. The van der Waals surface area contributed by atoms with Crippen molar-refractivity contribution in [3.63, 3.8) is 0 Å². The molecular formula is C10H18N4O3S. The van der Waals surface area contributed by atoms with Crippen LogP contribution >= 0.6 is 0 Å². The van der Waals surface area contributed by atoms with Gasteiger partial charge in [-0.25, -0.2) is 12.7 Å². The Morgan fingerprint density at radius 2 is 2.44 bits per heavy atom. The molecule has 2 rings (SSSR count). The van der Waals surface area contributed by atoms with E-state index in [-0.39, 0.29) is 5.92 Å². The van der Waals surface area contributed by atoms with Gasteiger partial charge in [-0.2, -0.15) is 15.4 Å². The molecule has 2 unspecified atom stereocenters. The molecule has 0 radical (unpaired) electrons. The fourth-order valence-electron chi connectivity index (χ4n) is 2.33. The molecule has 1 aliphatic heterocycles. The number of aromatic amines is 1. The molecule has 0 bridgehead atoms. The Morgan fingerprint density at radius 1 is 1.67 bits per heavy atom. The molecule has 1 aliphatic rings. The van der Waals surface area contributed by atoms with Crippen LogP contribution in [0.3, 0.4) is 0 Å². The van der Waals surface area contributed by atoms with Crippen LogP contribution in [0.15, 0.2) is 6.20 Å². The molecule has 0 amide bonds. The van der Waals surface area contributed by atoms with Gasteiger partial charge >= 0.3 is 0 Å². The fraction of sp³-hybridized carbons (Fsp3) is 0.800. The Morgan fingerprint density at radius 3 is 3.06 bits per heavy atom. The lowest BCUT2D eigenvalue weighted by Crippen LogP contribution is -2.39. The smallest absolute Gasteiger partial charge is 0.211 e. The highest BCUT2D eigenvalue weighted by Gasteiger charge is 2.28. The molecular weight excluding hydrogens is 256 g/mol. The van der Waals surface area contributed by atoms with Crippen LogP contribution in [0, 0.1) is 5.92 Å². The molecule has 2 atom stereocenters. The summed E-state index contributed by atoms with van der Waals surface area (Å²) in [4.78, 5) is 0. The first kappa shape index (κ1) is 13.4. The lowest BCUT2D eigenvalue weighted by Gasteiger charge is -2.31. The van der Waals surface area contributed by atoms with Gasteiger partial charge in [0.15, 0.2) is 0 Å². The number of nitrogens with one attached hydrogen (secondary N) is 1. The molecule has 2 N–H and O–H groups in total. The third kappa shape index (κ3) is 3.27. The van der Waals surface area contributed by atoms with E-state index in [1.165, 1.54) is 16.8 Å². The summed E-state index contributed by atoms with van der Waals surface area (Å²) >= 11 is 0. The largest absolute Gasteiger partial charge is 0.387 e. The Kier molecular flexibility index (Phi) is 3.98. The molecule has 18 heavy (non-hydrogen) atoms. The maximum atomic E-state index is 11.5. The first-order valence-corrected chi connectivity index (χ1v) is 7.80. The van der Waals surface area contributed by atoms with Gasteiger partial charge in [0, 0.05) is 13.1 Å². The number of aromatic nitrogens is 3. The van der Waals surface area contributed by atoms with Crippen molar-refractivity contribution in [2.45, 2.75) is 25.4 Å². The van der Waals surface area contributed by atoms with E-state index >= 15 is 0 Å². The fourth-order valence-corrected chi connectivity index (χ4v) is 3.27. The summed E-state index contributed by atoms with van der Waals surface area (Å²) in [7, 11) is -3.13. The van der Waals surface area contributed by atoms with Gasteiger partial charge in [-0.3, -0.25) is 0 Å². The van der Waals surface area contributed by atoms with E-state index in [1.54, 1.807) is 0 Å².